The maximum absolute atomic E-state index is 12.5. The van der Waals surface area contributed by atoms with Crippen LogP contribution in [0, 0.1) is 0 Å². The first-order chi connectivity index (χ1) is 12.1. The molecular weight excluding hydrogens is 336 g/mol. The molecule has 2 bridgehead atoms. The number of nitrogens with one attached hydrogen (secondary N) is 3. The number of hydrogen-bond donors (Lipinski definition) is 3. The number of nitrogens with zero attached hydrogens (tertiary/aromatic N) is 1. The molecule has 130 valence electrons. The van der Waals surface area contributed by atoms with Gasteiger partial charge in [-0.25, -0.2) is 4.98 Å². The van der Waals surface area contributed by atoms with Gasteiger partial charge in [0, 0.05) is 36.9 Å². The lowest BCUT2D eigenvalue weighted by atomic mass is 9.95. The standard InChI is InChI=1S/C18H20N4O2S/c1-10(23)20-12-4-2-11(3-5-12)16-9-19-18(25-16)17(24)22-15-8-13-6-7-14(15)21-13/h2-5,9,13-15,21H,6-8H2,1H3,(H,20,23)(H,22,24)/t13-,14+,15-/m1/s1. The van der Waals surface area contributed by atoms with Crippen LogP contribution >= 0.6 is 11.3 Å². The molecule has 0 saturated carbocycles. The van der Waals surface area contributed by atoms with Crippen LogP contribution in [0.25, 0.3) is 10.4 Å². The number of carbonyl (C=O) groups excluding carboxylic acids is 2. The molecule has 6 nitrogen and oxygen atoms in total. The Morgan fingerprint density at radius 1 is 1.24 bits per heavy atom. The van der Waals surface area contributed by atoms with Gasteiger partial charge in [0.25, 0.3) is 5.91 Å². The number of hydrogen-bond acceptors (Lipinski definition) is 5. The summed E-state index contributed by atoms with van der Waals surface area (Å²) in [6.45, 7) is 1.48. The highest BCUT2D eigenvalue weighted by molar-refractivity contribution is 7.16. The maximum atomic E-state index is 12.5. The predicted molar refractivity (Wildman–Crippen MR) is 97.7 cm³/mol. The lowest BCUT2D eigenvalue weighted by Crippen LogP contribution is -2.42. The summed E-state index contributed by atoms with van der Waals surface area (Å²) in [5.74, 6) is -0.190. The monoisotopic (exact) mass is 356 g/mol. The average Bonchev–Trinajstić information content (AvgIpc) is 3.31. The molecular formula is C18H20N4O2S. The van der Waals surface area contributed by atoms with Crippen molar-refractivity contribution in [3.05, 3.63) is 35.5 Å². The molecule has 0 radical (unpaired) electrons. The Morgan fingerprint density at radius 2 is 2.04 bits per heavy atom. The van der Waals surface area contributed by atoms with Gasteiger partial charge < -0.3 is 16.0 Å². The van der Waals surface area contributed by atoms with E-state index in [1.807, 2.05) is 24.3 Å². The number of carbonyl (C=O) groups is 2. The number of thiazole rings is 1. The largest absolute Gasteiger partial charge is 0.346 e. The average molecular weight is 356 g/mol. The summed E-state index contributed by atoms with van der Waals surface area (Å²) in [6.07, 6.45) is 5.09. The normalized spacial score (nSPS) is 24.3. The van der Waals surface area contributed by atoms with Crippen LogP contribution in [-0.4, -0.2) is 34.9 Å². The van der Waals surface area contributed by atoms with Gasteiger partial charge in [-0.1, -0.05) is 12.1 Å². The van der Waals surface area contributed by atoms with E-state index < -0.39 is 0 Å². The van der Waals surface area contributed by atoms with E-state index in [9.17, 15) is 9.59 Å². The summed E-state index contributed by atoms with van der Waals surface area (Å²) >= 11 is 1.39. The van der Waals surface area contributed by atoms with Crippen LogP contribution in [0.15, 0.2) is 30.5 Å². The van der Waals surface area contributed by atoms with E-state index in [-0.39, 0.29) is 17.9 Å². The van der Waals surface area contributed by atoms with E-state index in [2.05, 4.69) is 20.9 Å². The van der Waals surface area contributed by atoms with Crippen molar-refractivity contribution >= 4 is 28.8 Å². The quantitative estimate of drug-likeness (QED) is 0.785. The minimum absolute atomic E-state index is 0.0922. The third kappa shape index (κ3) is 3.43. The first-order valence-electron chi connectivity index (χ1n) is 8.49. The van der Waals surface area contributed by atoms with Crippen molar-refractivity contribution in [2.24, 2.45) is 0 Å². The van der Waals surface area contributed by atoms with E-state index in [0.717, 1.165) is 29.0 Å². The van der Waals surface area contributed by atoms with Crippen LogP contribution in [0.5, 0.6) is 0 Å². The Hall–Kier alpha value is -2.25. The van der Waals surface area contributed by atoms with Gasteiger partial charge in [0.15, 0.2) is 5.01 Å². The van der Waals surface area contributed by atoms with Gasteiger partial charge in [0.05, 0.1) is 4.88 Å². The van der Waals surface area contributed by atoms with E-state index in [0.29, 0.717) is 17.1 Å². The zero-order valence-electron chi connectivity index (χ0n) is 13.9. The van der Waals surface area contributed by atoms with Crippen LogP contribution < -0.4 is 16.0 Å². The fourth-order valence-electron chi connectivity index (χ4n) is 3.65. The van der Waals surface area contributed by atoms with Crippen molar-refractivity contribution in [1.29, 1.82) is 0 Å². The molecule has 2 saturated heterocycles. The Kier molecular flexibility index (Phi) is 4.27. The molecule has 1 aromatic heterocycles. The number of fused-ring (bicyclic) bond motifs is 2. The van der Waals surface area contributed by atoms with Gasteiger partial charge >= 0.3 is 0 Å². The number of amides is 2. The zero-order valence-corrected chi connectivity index (χ0v) is 14.7. The first kappa shape index (κ1) is 16.2. The molecule has 1 aromatic carbocycles. The minimum atomic E-state index is -0.0976. The fraction of sp³-hybridized carbons (Fsp3) is 0.389. The molecule has 3 N–H and O–H groups in total. The maximum Gasteiger partial charge on any atom is 0.280 e. The molecule has 0 spiro atoms. The molecule has 3 heterocycles. The molecule has 2 aliphatic heterocycles. The number of benzene rings is 1. The van der Waals surface area contributed by atoms with E-state index in [1.54, 1.807) is 6.20 Å². The van der Waals surface area contributed by atoms with Crippen LogP contribution in [0.1, 0.15) is 36.0 Å². The summed E-state index contributed by atoms with van der Waals surface area (Å²) in [4.78, 5) is 28.7. The molecule has 0 unspecified atom stereocenters. The second-order valence-electron chi connectivity index (χ2n) is 6.65. The summed E-state index contributed by atoms with van der Waals surface area (Å²) in [6, 6.07) is 8.71. The fourth-order valence-corrected chi connectivity index (χ4v) is 4.47. The topological polar surface area (TPSA) is 83.1 Å². The van der Waals surface area contributed by atoms with E-state index >= 15 is 0 Å². The molecule has 4 rings (SSSR count). The first-order valence-corrected chi connectivity index (χ1v) is 9.31. The van der Waals surface area contributed by atoms with Crippen molar-refractivity contribution in [3.8, 4) is 10.4 Å². The summed E-state index contributed by atoms with van der Waals surface area (Å²) in [7, 11) is 0. The predicted octanol–water partition coefficient (Wildman–Crippen LogP) is 2.39. The third-order valence-corrected chi connectivity index (χ3v) is 5.85. The second-order valence-corrected chi connectivity index (χ2v) is 7.68. The van der Waals surface area contributed by atoms with Crippen LogP contribution in [-0.2, 0) is 4.79 Å². The lowest BCUT2D eigenvalue weighted by Gasteiger charge is -2.20. The molecule has 7 heteroatoms. The second kappa shape index (κ2) is 6.57. The molecule has 2 aromatic rings. The van der Waals surface area contributed by atoms with Gasteiger partial charge in [-0.3, -0.25) is 9.59 Å². The summed E-state index contributed by atoms with van der Waals surface area (Å²) in [5.41, 5.74) is 1.73. The Balaban J connectivity index is 1.42. The highest BCUT2D eigenvalue weighted by Gasteiger charge is 2.39. The van der Waals surface area contributed by atoms with Crippen molar-refractivity contribution in [2.45, 2.75) is 44.3 Å². The van der Waals surface area contributed by atoms with Crippen molar-refractivity contribution in [3.63, 3.8) is 0 Å². The summed E-state index contributed by atoms with van der Waals surface area (Å²) in [5, 5.41) is 9.87. The van der Waals surface area contributed by atoms with Crippen molar-refractivity contribution in [2.75, 3.05) is 5.32 Å². The minimum Gasteiger partial charge on any atom is -0.346 e. The highest BCUT2D eigenvalue weighted by atomic mass is 32.1. The molecule has 3 atom stereocenters. The highest BCUT2D eigenvalue weighted by Crippen LogP contribution is 2.30. The Bertz CT molecular complexity index is 802. The van der Waals surface area contributed by atoms with Gasteiger partial charge in [-0.2, -0.15) is 0 Å². The van der Waals surface area contributed by atoms with E-state index in [4.69, 9.17) is 0 Å². The Morgan fingerprint density at radius 3 is 2.68 bits per heavy atom. The van der Waals surface area contributed by atoms with Gasteiger partial charge in [-0.15, -0.1) is 11.3 Å². The summed E-state index contributed by atoms with van der Waals surface area (Å²) < 4.78 is 0. The van der Waals surface area contributed by atoms with Gasteiger partial charge in [0.1, 0.15) is 0 Å². The SMILES string of the molecule is CC(=O)Nc1ccc(-c2cnc(C(=O)N[C@@H]3C[C@H]4CC[C@@H]3N4)s2)cc1. The molecule has 25 heavy (non-hydrogen) atoms. The zero-order chi connectivity index (χ0) is 17.4. The number of rotatable bonds is 4. The van der Waals surface area contributed by atoms with Gasteiger partial charge in [-0.05, 0) is 37.0 Å². The van der Waals surface area contributed by atoms with Crippen LogP contribution in [0.3, 0.4) is 0 Å². The van der Waals surface area contributed by atoms with E-state index in [1.165, 1.54) is 24.7 Å². The molecule has 2 amide bonds. The molecule has 2 aliphatic rings. The molecule has 2 fully saturated rings. The van der Waals surface area contributed by atoms with Crippen LogP contribution in [0.2, 0.25) is 0 Å². The van der Waals surface area contributed by atoms with Gasteiger partial charge in [0.2, 0.25) is 5.91 Å². The Labute approximate surface area is 150 Å². The van der Waals surface area contributed by atoms with Crippen LogP contribution in [0.4, 0.5) is 5.69 Å². The number of anilines is 1. The smallest absolute Gasteiger partial charge is 0.280 e. The van der Waals surface area contributed by atoms with Crippen molar-refractivity contribution in [1.82, 2.24) is 15.6 Å². The third-order valence-electron chi connectivity index (χ3n) is 4.81. The number of aromatic nitrogens is 1. The van der Waals surface area contributed by atoms with Crippen molar-refractivity contribution < 1.29 is 9.59 Å². The lowest BCUT2D eigenvalue weighted by molar-refractivity contribution is -0.114. The molecule has 0 aliphatic carbocycles.